The molecule has 1 amide bonds. The number of furan rings is 1. The van der Waals surface area contributed by atoms with Gasteiger partial charge in [-0.3, -0.25) is 4.79 Å². The van der Waals surface area contributed by atoms with Gasteiger partial charge >= 0.3 is 0 Å². The largest absolute Gasteiger partial charge is 0.461 e. The monoisotopic (exact) mass is 309 g/mol. The molecule has 0 fully saturated rings. The molecule has 0 aliphatic carbocycles. The molecule has 2 aromatic rings. The minimum absolute atomic E-state index is 0. The third-order valence-electron chi connectivity index (χ3n) is 3.14. The van der Waals surface area contributed by atoms with E-state index in [0.717, 1.165) is 19.5 Å². The second-order valence-electron chi connectivity index (χ2n) is 4.55. The Balaban J connectivity index is 0.00000161. The third-order valence-corrected chi connectivity index (χ3v) is 3.14. The average molecular weight is 310 g/mol. The second-order valence-corrected chi connectivity index (χ2v) is 4.55. The first-order valence-corrected chi connectivity index (χ1v) is 6.50. The maximum Gasteiger partial charge on any atom is 0.273 e. The van der Waals surface area contributed by atoms with E-state index in [-0.39, 0.29) is 24.0 Å². The van der Waals surface area contributed by atoms with Gasteiger partial charge in [-0.2, -0.15) is 0 Å². The van der Waals surface area contributed by atoms with Crippen molar-refractivity contribution in [3.8, 4) is 11.5 Å². The van der Waals surface area contributed by atoms with Crippen molar-refractivity contribution in [3.63, 3.8) is 0 Å². The Bertz CT molecular complexity index is 619. The topological polar surface area (TPSA) is 80.3 Å². The number of halogens is 1. The van der Waals surface area contributed by atoms with Gasteiger partial charge < -0.3 is 19.6 Å². The van der Waals surface area contributed by atoms with Crippen LogP contribution in [0.2, 0.25) is 0 Å². The van der Waals surface area contributed by atoms with Gasteiger partial charge in [-0.25, -0.2) is 0 Å². The number of nitrogens with one attached hydrogen (secondary N) is 2. The normalized spacial score (nSPS) is 14.2. The Morgan fingerprint density at radius 3 is 3.05 bits per heavy atom. The fourth-order valence-corrected chi connectivity index (χ4v) is 2.03. The first kappa shape index (κ1) is 15.3. The number of carbonyl (C=O) groups is 1. The highest BCUT2D eigenvalue weighted by Crippen LogP contribution is 2.20. The molecule has 0 unspecified atom stereocenters. The molecule has 0 aromatic carbocycles. The Kier molecular flexibility index (Phi) is 5.19. The van der Waals surface area contributed by atoms with Crippen LogP contribution in [0, 0.1) is 0 Å². The van der Waals surface area contributed by atoms with Crippen molar-refractivity contribution in [2.75, 3.05) is 19.6 Å². The minimum Gasteiger partial charge on any atom is -0.461 e. The molecule has 0 radical (unpaired) electrons. The lowest BCUT2D eigenvalue weighted by molar-refractivity contribution is 0.0947. The van der Waals surface area contributed by atoms with E-state index >= 15 is 0 Å². The molecule has 112 valence electrons. The van der Waals surface area contributed by atoms with E-state index in [2.05, 4.69) is 21.9 Å². The van der Waals surface area contributed by atoms with Gasteiger partial charge in [0.25, 0.3) is 5.91 Å². The highest BCUT2D eigenvalue weighted by atomic mass is 35.5. The number of hydrogen-bond donors (Lipinski definition) is 2. The van der Waals surface area contributed by atoms with Gasteiger partial charge in [-0.15, -0.1) is 12.4 Å². The van der Waals surface area contributed by atoms with Gasteiger partial charge in [-0.1, -0.05) is 16.8 Å². The quantitative estimate of drug-likeness (QED) is 0.844. The van der Waals surface area contributed by atoms with Crippen LogP contribution in [0.1, 0.15) is 16.9 Å². The number of hydrogen-bond acceptors (Lipinski definition) is 5. The molecule has 2 aromatic heterocycles. The average Bonchev–Trinajstić information content (AvgIpc) is 3.16. The summed E-state index contributed by atoms with van der Waals surface area (Å²) in [7, 11) is 0. The van der Waals surface area contributed by atoms with Crippen molar-refractivity contribution >= 4 is 18.3 Å². The van der Waals surface area contributed by atoms with Crippen LogP contribution in [0.25, 0.3) is 11.5 Å². The molecule has 7 heteroatoms. The fraction of sp³-hybridized carbons (Fsp3) is 0.286. The van der Waals surface area contributed by atoms with E-state index < -0.39 is 0 Å². The zero-order valence-electron chi connectivity index (χ0n) is 11.3. The highest BCUT2D eigenvalue weighted by Gasteiger charge is 2.15. The molecular formula is C14H16ClN3O3. The molecule has 0 saturated carbocycles. The van der Waals surface area contributed by atoms with Crippen LogP contribution >= 0.6 is 12.4 Å². The summed E-state index contributed by atoms with van der Waals surface area (Å²) in [6.07, 6.45) is 4.60. The van der Waals surface area contributed by atoms with Gasteiger partial charge in [0.15, 0.2) is 11.5 Å². The summed E-state index contributed by atoms with van der Waals surface area (Å²) in [5.74, 6) is 0.754. The third kappa shape index (κ3) is 3.74. The van der Waals surface area contributed by atoms with Crippen molar-refractivity contribution in [2.45, 2.75) is 6.42 Å². The first-order chi connectivity index (χ1) is 9.83. The molecule has 0 bridgehead atoms. The SMILES string of the molecule is Cl.O=C(NCC1=CCNCC1)c1cc(-c2ccco2)on1. The molecule has 1 aliphatic heterocycles. The van der Waals surface area contributed by atoms with Crippen molar-refractivity contribution < 1.29 is 13.7 Å². The van der Waals surface area contributed by atoms with Crippen molar-refractivity contribution in [3.05, 3.63) is 41.8 Å². The van der Waals surface area contributed by atoms with Crippen molar-refractivity contribution in [1.82, 2.24) is 15.8 Å². The van der Waals surface area contributed by atoms with E-state index in [0.29, 0.717) is 18.1 Å². The summed E-state index contributed by atoms with van der Waals surface area (Å²) < 4.78 is 10.3. The number of aromatic nitrogens is 1. The van der Waals surface area contributed by atoms with Gasteiger partial charge in [0.1, 0.15) is 0 Å². The number of amides is 1. The van der Waals surface area contributed by atoms with Crippen LogP contribution in [0.3, 0.4) is 0 Å². The van der Waals surface area contributed by atoms with E-state index in [1.165, 1.54) is 5.57 Å². The lowest BCUT2D eigenvalue weighted by Gasteiger charge is -2.13. The smallest absolute Gasteiger partial charge is 0.273 e. The van der Waals surface area contributed by atoms with E-state index in [1.807, 2.05) is 0 Å². The van der Waals surface area contributed by atoms with Crippen LogP contribution in [0.4, 0.5) is 0 Å². The maximum atomic E-state index is 12.0. The molecule has 2 N–H and O–H groups in total. The molecule has 1 aliphatic rings. The number of nitrogens with zero attached hydrogens (tertiary/aromatic N) is 1. The second kappa shape index (κ2) is 7.10. The highest BCUT2D eigenvalue weighted by molar-refractivity contribution is 5.93. The van der Waals surface area contributed by atoms with Crippen LogP contribution in [-0.4, -0.2) is 30.7 Å². The Morgan fingerprint density at radius 2 is 2.33 bits per heavy atom. The van der Waals surface area contributed by atoms with E-state index in [1.54, 1.807) is 24.5 Å². The molecule has 3 heterocycles. The Hall–Kier alpha value is -2.05. The molecule has 3 rings (SSSR count). The first-order valence-electron chi connectivity index (χ1n) is 6.50. The summed E-state index contributed by atoms with van der Waals surface area (Å²) in [6.45, 7) is 2.36. The lowest BCUT2D eigenvalue weighted by Crippen LogP contribution is -2.29. The van der Waals surface area contributed by atoms with Crippen LogP contribution in [0.5, 0.6) is 0 Å². The predicted molar refractivity (Wildman–Crippen MR) is 79.4 cm³/mol. The van der Waals surface area contributed by atoms with Gasteiger partial charge in [0, 0.05) is 19.2 Å². The van der Waals surface area contributed by atoms with E-state index in [4.69, 9.17) is 8.94 Å². The van der Waals surface area contributed by atoms with Crippen molar-refractivity contribution in [2.24, 2.45) is 0 Å². The standard InChI is InChI=1S/C14H15N3O3.ClH/c18-14(16-9-10-3-5-15-6-4-10)11-8-13(20-17-11)12-2-1-7-19-12;/h1-3,7-8,15H,4-6,9H2,(H,16,18);1H. The van der Waals surface area contributed by atoms with Gasteiger partial charge in [0.05, 0.1) is 6.26 Å². The van der Waals surface area contributed by atoms with Gasteiger partial charge in [0.2, 0.25) is 5.76 Å². The predicted octanol–water partition coefficient (Wildman–Crippen LogP) is 2.01. The van der Waals surface area contributed by atoms with Gasteiger partial charge in [-0.05, 0) is 25.1 Å². The zero-order chi connectivity index (χ0) is 13.8. The van der Waals surface area contributed by atoms with Crippen LogP contribution < -0.4 is 10.6 Å². The molecular weight excluding hydrogens is 294 g/mol. The Morgan fingerprint density at radius 1 is 1.43 bits per heavy atom. The maximum absolute atomic E-state index is 12.0. The molecule has 0 spiro atoms. The van der Waals surface area contributed by atoms with E-state index in [9.17, 15) is 4.79 Å². The number of carbonyl (C=O) groups excluding carboxylic acids is 1. The Labute approximate surface area is 128 Å². The summed E-state index contributed by atoms with van der Waals surface area (Å²) >= 11 is 0. The zero-order valence-corrected chi connectivity index (χ0v) is 12.1. The lowest BCUT2D eigenvalue weighted by atomic mass is 10.1. The summed E-state index contributed by atoms with van der Waals surface area (Å²) in [5, 5.41) is 9.82. The fourth-order valence-electron chi connectivity index (χ4n) is 2.03. The van der Waals surface area contributed by atoms with Crippen LogP contribution in [0.15, 0.2) is 45.1 Å². The molecule has 21 heavy (non-hydrogen) atoms. The van der Waals surface area contributed by atoms with Crippen molar-refractivity contribution in [1.29, 1.82) is 0 Å². The summed E-state index contributed by atoms with van der Waals surface area (Å²) in [6, 6.07) is 5.08. The summed E-state index contributed by atoms with van der Waals surface area (Å²) in [5.41, 5.74) is 1.48. The molecule has 6 nitrogen and oxygen atoms in total. The number of rotatable bonds is 4. The minimum atomic E-state index is -0.244. The molecule has 0 saturated heterocycles. The van der Waals surface area contributed by atoms with Crippen LogP contribution in [-0.2, 0) is 0 Å². The summed E-state index contributed by atoms with van der Waals surface area (Å²) in [4.78, 5) is 12.0. The molecule has 0 atom stereocenters.